The Hall–Kier alpha value is -3.78. The number of pyridine rings is 1. The molecule has 2 saturated carbocycles. The molecule has 2 aliphatic carbocycles. The minimum atomic E-state index is -1.12. The molecule has 3 fully saturated rings. The maximum atomic E-state index is 12.7. The van der Waals surface area contributed by atoms with Crippen LogP contribution >= 0.6 is 0 Å². The predicted octanol–water partition coefficient (Wildman–Crippen LogP) is 3.38. The second-order valence-corrected chi connectivity index (χ2v) is 11.7. The van der Waals surface area contributed by atoms with Crippen LogP contribution in [0.1, 0.15) is 70.1 Å². The zero-order chi connectivity index (χ0) is 27.9. The summed E-state index contributed by atoms with van der Waals surface area (Å²) in [6.45, 7) is 6.92. The molecule has 0 spiro atoms. The fraction of sp³-hybridized carbons (Fsp3) is 0.571. The molecule has 39 heavy (non-hydrogen) atoms. The van der Waals surface area contributed by atoms with Crippen LogP contribution in [-0.4, -0.2) is 80.1 Å². The lowest BCUT2D eigenvalue weighted by Gasteiger charge is -2.42. The second kappa shape index (κ2) is 10.4. The van der Waals surface area contributed by atoms with Gasteiger partial charge < -0.3 is 20.0 Å². The number of aliphatic hydroxyl groups is 1. The van der Waals surface area contributed by atoms with E-state index in [2.05, 4.69) is 21.2 Å². The van der Waals surface area contributed by atoms with E-state index in [4.69, 9.17) is 4.98 Å². The quantitative estimate of drug-likeness (QED) is 0.547. The van der Waals surface area contributed by atoms with Crippen LogP contribution in [0.15, 0.2) is 18.3 Å². The van der Waals surface area contributed by atoms with E-state index in [1.807, 2.05) is 11.0 Å². The normalized spacial score (nSPS) is 19.5. The van der Waals surface area contributed by atoms with Gasteiger partial charge in [0, 0.05) is 48.6 Å². The molecular formula is C28H35N7O4. The van der Waals surface area contributed by atoms with Crippen LogP contribution in [0.25, 0.3) is 11.1 Å². The van der Waals surface area contributed by atoms with Crippen LogP contribution in [0.5, 0.6) is 0 Å². The molecule has 2 amide bonds. The maximum absolute atomic E-state index is 12.7. The lowest BCUT2D eigenvalue weighted by molar-refractivity contribution is -0.135. The van der Waals surface area contributed by atoms with Gasteiger partial charge in [-0.05, 0) is 64.5 Å². The summed E-state index contributed by atoms with van der Waals surface area (Å²) in [4.78, 5) is 35.0. The number of nitrogens with zero attached hydrogens (tertiary/aromatic N) is 7. The van der Waals surface area contributed by atoms with Gasteiger partial charge in [0.25, 0.3) is 0 Å². The van der Waals surface area contributed by atoms with Crippen LogP contribution in [0, 0.1) is 17.2 Å². The summed E-state index contributed by atoms with van der Waals surface area (Å²) >= 11 is 0. The van der Waals surface area contributed by atoms with Crippen LogP contribution in [0.4, 0.5) is 16.4 Å². The molecular weight excluding hydrogens is 498 g/mol. The number of piperazine rings is 1. The number of nitriles is 1. The lowest BCUT2D eigenvalue weighted by Crippen LogP contribution is -2.56. The van der Waals surface area contributed by atoms with E-state index < -0.39 is 11.6 Å². The van der Waals surface area contributed by atoms with Gasteiger partial charge in [-0.25, -0.2) is 9.78 Å². The third-order valence-electron chi connectivity index (χ3n) is 7.69. The summed E-state index contributed by atoms with van der Waals surface area (Å²) < 4.78 is 0. The van der Waals surface area contributed by atoms with E-state index in [9.17, 15) is 25.1 Å². The molecule has 206 valence electrons. The molecule has 1 atom stereocenters. The summed E-state index contributed by atoms with van der Waals surface area (Å²) in [5.41, 5.74) is 2.02. The van der Waals surface area contributed by atoms with Crippen LogP contribution in [0.3, 0.4) is 0 Å². The van der Waals surface area contributed by atoms with Crippen molar-refractivity contribution in [3.8, 4) is 17.2 Å². The van der Waals surface area contributed by atoms with Crippen molar-refractivity contribution in [3.05, 3.63) is 29.6 Å². The Kier molecular flexibility index (Phi) is 7.16. The molecule has 11 heteroatoms. The van der Waals surface area contributed by atoms with Crippen LogP contribution in [-0.2, 0) is 4.79 Å². The fourth-order valence-corrected chi connectivity index (χ4v) is 5.52. The minimum absolute atomic E-state index is 0.0248. The van der Waals surface area contributed by atoms with Gasteiger partial charge in [-0.15, -0.1) is 5.10 Å². The standard InChI is InChI=1S/C28H35N7O4/c1-28(2,3)35(27(38)39)23-13-20(15-30-32-23)21-12-19(14-29)26(31-25(21)18-6-7-18)33-9-10-34(24(37)8-11-36)22(16-33)17-4-5-17/h12-13,15,17-18,22,36H,4-11,16H2,1-3H3,(H,38,39)/t22-/m0/s1. The molecule has 0 unspecified atom stereocenters. The van der Waals surface area contributed by atoms with Gasteiger partial charge in [-0.1, -0.05) is 0 Å². The monoisotopic (exact) mass is 533 g/mol. The number of carbonyl (C=O) groups excluding carboxylic acids is 1. The van der Waals surface area contributed by atoms with Gasteiger partial charge in [0.1, 0.15) is 11.9 Å². The highest BCUT2D eigenvalue weighted by atomic mass is 16.4. The second-order valence-electron chi connectivity index (χ2n) is 11.7. The molecule has 11 nitrogen and oxygen atoms in total. The number of rotatable bonds is 7. The van der Waals surface area contributed by atoms with Gasteiger partial charge >= 0.3 is 6.09 Å². The Bertz CT molecular complexity index is 1310. The van der Waals surface area contributed by atoms with E-state index in [1.54, 1.807) is 33.0 Å². The molecule has 1 aliphatic heterocycles. The van der Waals surface area contributed by atoms with Crippen molar-refractivity contribution in [3.63, 3.8) is 0 Å². The smallest absolute Gasteiger partial charge is 0.413 e. The Morgan fingerprint density at radius 1 is 1.18 bits per heavy atom. The van der Waals surface area contributed by atoms with E-state index >= 15 is 0 Å². The number of anilines is 2. The van der Waals surface area contributed by atoms with E-state index in [1.165, 1.54) is 4.90 Å². The highest BCUT2D eigenvalue weighted by molar-refractivity contribution is 5.87. The van der Waals surface area contributed by atoms with Gasteiger partial charge in [0.15, 0.2) is 5.82 Å². The van der Waals surface area contributed by atoms with Crippen molar-refractivity contribution in [2.75, 3.05) is 36.0 Å². The molecule has 2 aromatic heterocycles. The van der Waals surface area contributed by atoms with Crippen LogP contribution in [0.2, 0.25) is 0 Å². The minimum Gasteiger partial charge on any atom is -0.465 e. The highest BCUT2D eigenvalue weighted by Crippen LogP contribution is 2.46. The van der Waals surface area contributed by atoms with Crippen molar-refractivity contribution in [2.45, 2.75) is 70.4 Å². The first-order valence-corrected chi connectivity index (χ1v) is 13.6. The molecule has 3 heterocycles. The Balaban J connectivity index is 1.51. The van der Waals surface area contributed by atoms with Crippen molar-refractivity contribution < 1.29 is 19.8 Å². The summed E-state index contributed by atoms with van der Waals surface area (Å²) in [5.74, 6) is 1.51. The van der Waals surface area contributed by atoms with Gasteiger partial charge in [-0.2, -0.15) is 10.4 Å². The van der Waals surface area contributed by atoms with E-state index in [0.29, 0.717) is 42.5 Å². The number of carbonyl (C=O) groups is 2. The molecule has 5 rings (SSSR count). The molecule has 1 saturated heterocycles. The third kappa shape index (κ3) is 5.52. The number of aliphatic hydroxyl groups excluding tert-OH is 1. The average Bonchev–Trinajstić information content (AvgIpc) is 3.81. The number of aromatic nitrogens is 3. The van der Waals surface area contributed by atoms with Crippen molar-refractivity contribution in [1.82, 2.24) is 20.1 Å². The number of carboxylic acid groups (broad SMARTS) is 1. The molecule has 0 radical (unpaired) electrons. The largest absolute Gasteiger partial charge is 0.465 e. The Morgan fingerprint density at radius 2 is 1.92 bits per heavy atom. The summed E-state index contributed by atoms with van der Waals surface area (Å²) in [7, 11) is 0. The highest BCUT2D eigenvalue weighted by Gasteiger charge is 2.42. The molecule has 2 aromatic rings. The molecule has 0 aromatic carbocycles. The lowest BCUT2D eigenvalue weighted by atomic mass is 9.99. The zero-order valence-electron chi connectivity index (χ0n) is 22.7. The SMILES string of the molecule is CC(C)(C)N(C(=O)O)c1cc(-c2cc(C#N)c(N3CCN(C(=O)CCO)[C@H](C4CC4)C3)nc2C2CC2)cnn1. The topological polar surface area (TPSA) is 147 Å². The molecule has 0 bridgehead atoms. The number of hydrogen-bond donors (Lipinski definition) is 2. The van der Waals surface area contributed by atoms with Gasteiger partial charge in [-0.3, -0.25) is 9.69 Å². The maximum Gasteiger partial charge on any atom is 0.413 e. The van der Waals surface area contributed by atoms with E-state index in [-0.39, 0.29) is 36.7 Å². The van der Waals surface area contributed by atoms with E-state index in [0.717, 1.165) is 36.9 Å². The van der Waals surface area contributed by atoms with Gasteiger partial charge in [0.2, 0.25) is 5.91 Å². The summed E-state index contributed by atoms with van der Waals surface area (Å²) in [6.07, 6.45) is 4.73. The van der Waals surface area contributed by atoms with Crippen molar-refractivity contribution >= 4 is 23.6 Å². The zero-order valence-corrected chi connectivity index (χ0v) is 22.7. The average molecular weight is 534 g/mol. The Labute approximate surface area is 228 Å². The third-order valence-corrected chi connectivity index (χ3v) is 7.69. The number of hydrogen-bond acceptors (Lipinski definition) is 8. The summed E-state index contributed by atoms with van der Waals surface area (Å²) in [6, 6.07) is 5.91. The number of amides is 2. The van der Waals surface area contributed by atoms with Crippen molar-refractivity contribution in [1.29, 1.82) is 5.26 Å². The first-order valence-electron chi connectivity index (χ1n) is 13.6. The van der Waals surface area contributed by atoms with Gasteiger partial charge in [0.05, 0.1) is 30.1 Å². The van der Waals surface area contributed by atoms with Crippen LogP contribution < -0.4 is 9.80 Å². The molecule has 3 aliphatic rings. The predicted molar refractivity (Wildman–Crippen MR) is 144 cm³/mol. The first-order chi connectivity index (χ1) is 18.6. The molecule has 2 N–H and O–H groups in total. The fourth-order valence-electron chi connectivity index (χ4n) is 5.52. The van der Waals surface area contributed by atoms with Crippen molar-refractivity contribution in [2.24, 2.45) is 5.92 Å². The Morgan fingerprint density at radius 3 is 2.51 bits per heavy atom. The summed E-state index contributed by atoms with van der Waals surface area (Å²) in [5, 5.41) is 37.5. The first kappa shape index (κ1) is 26.8.